The summed E-state index contributed by atoms with van der Waals surface area (Å²) in [4.78, 5) is 5.52. The molecule has 1 heterocycles. The van der Waals surface area contributed by atoms with Crippen molar-refractivity contribution in [2.45, 2.75) is 13.5 Å². The molecule has 0 saturated heterocycles. The minimum absolute atomic E-state index is 0.389. The van der Waals surface area contributed by atoms with E-state index in [1.165, 1.54) is 0 Å². The third-order valence-corrected chi connectivity index (χ3v) is 4.72. The predicted molar refractivity (Wildman–Crippen MR) is 124 cm³/mol. The largest absolute Gasteiger partial charge is 0.487 e. The van der Waals surface area contributed by atoms with E-state index >= 15 is 0 Å². The van der Waals surface area contributed by atoms with Crippen molar-refractivity contribution in [3.8, 4) is 11.5 Å². The molecule has 1 aliphatic heterocycles. The van der Waals surface area contributed by atoms with Crippen molar-refractivity contribution in [2.75, 3.05) is 66.1 Å². The molecule has 0 fully saturated rings. The van der Waals surface area contributed by atoms with Crippen molar-refractivity contribution >= 4 is 5.71 Å². The summed E-state index contributed by atoms with van der Waals surface area (Å²) >= 11 is 0. The van der Waals surface area contributed by atoms with Gasteiger partial charge in [0.15, 0.2) is 11.5 Å². The lowest BCUT2D eigenvalue weighted by molar-refractivity contribution is -0.00841. The molecular formula is C25H33NO7. The SMILES string of the molecule is C/C(=N\OCc1ccccc1)c1ccc2c(c1)OCCOCCOCCOCCOCCO2. The first-order valence-electron chi connectivity index (χ1n) is 11.2. The highest BCUT2D eigenvalue weighted by Gasteiger charge is 2.10. The second-order valence-corrected chi connectivity index (χ2v) is 7.24. The molecule has 0 aromatic heterocycles. The van der Waals surface area contributed by atoms with E-state index in [9.17, 15) is 0 Å². The third-order valence-electron chi connectivity index (χ3n) is 4.72. The maximum atomic E-state index is 5.95. The fraction of sp³-hybridized carbons (Fsp3) is 0.480. The van der Waals surface area contributed by atoms with Crippen molar-refractivity contribution < 1.29 is 33.3 Å². The molecule has 0 atom stereocenters. The Balaban J connectivity index is 1.59. The lowest BCUT2D eigenvalue weighted by atomic mass is 10.1. The molecule has 2 aromatic rings. The summed E-state index contributed by atoms with van der Waals surface area (Å²) < 4.78 is 33.9. The lowest BCUT2D eigenvalue weighted by Gasteiger charge is -2.15. The summed E-state index contributed by atoms with van der Waals surface area (Å²) in [5, 5.41) is 4.25. The van der Waals surface area contributed by atoms with Gasteiger partial charge in [0.1, 0.15) is 19.8 Å². The van der Waals surface area contributed by atoms with Gasteiger partial charge < -0.3 is 33.3 Å². The van der Waals surface area contributed by atoms with Gasteiger partial charge >= 0.3 is 0 Å². The highest BCUT2D eigenvalue weighted by molar-refractivity contribution is 5.98. The van der Waals surface area contributed by atoms with Crippen molar-refractivity contribution in [1.29, 1.82) is 0 Å². The van der Waals surface area contributed by atoms with Crippen LogP contribution in [0.25, 0.3) is 0 Å². The highest BCUT2D eigenvalue weighted by Crippen LogP contribution is 2.29. The first-order valence-corrected chi connectivity index (χ1v) is 11.2. The molecule has 0 saturated carbocycles. The Morgan fingerprint density at radius 3 is 1.85 bits per heavy atom. The van der Waals surface area contributed by atoms with E-state index in [0.29, 0.717) is 84.2 Å². The van der Waals surface area contributed by atoms with Crippen molar-refractivity contribution in [3.05, 3.63) is 59.7 Å². The van der Waals surface area contributed by atoms with Gasteiger partial charge in [-0.15, -0.1) is 0 Å². The number of hydrogen-bond acceptors (Lipinski definition) is 8. The van der Waals surface area contributed by atoms with Gasteiger partial charge in [-0.25, -0.2) is 0 Å². The van der Waals surface area contributed by atoms with Gasteiger partial charge in [0.25, 0.3) is 0 Å². The number of oxime groups is 1. The second-order valence-electron chi connectivity index (χ2n) is 7.24. The van der Waals surface area contributed by atoms with E-state index in [-0.39, 0.29) is 0 Å². The first kappa shape index (κ1) is 25.0. The first-order chi connectivity index (χ1) is 16.3. The van der Waals surface area contributed by atoms with Crippen molar-refractivity contribution in [3.63, 3.8) is 0 Å². The van der Waals surface area contributed by atoms with Crippen LogP contribution in [0.1, 0.15) is 18.1 Å². The molecule has 0 amide bonds. The number of rotatable bonds is 4. The van der Waals surface area contributed by atoms with Crippen LogP contribution in [-0.2, 0) is 30.4 Å². The minimum Gasteiger partial charge on any atom is -0.487 e. The predicted octanol–water partition coefficient (Wildman–Crippen LogP) is 3.47. The Morgan fingerprint density at radius 2 is 1.24 bits per heavy atom. The third kappa shape index (κ3) is 9.79. The molecule has 8 nitrogen and oxygen atoms in total. The number of hydrogen-bond donors (Lipinski definition) is 0. The van der Waals surface area contributed by atoms with Crippen molar-refractivity contribution in [1.82, 2.24) is 0 Å². The quantitative estimate of drug-likeness (QED) is 0.512. The molecule has 0 bridgehead atoms. The smallest absolute Gasteiger partial charge is 0.161 e. The van der Waals surface area contributed by atoms with Crippen LogP contribution in [0.15, 0.2) is 53.7 Å². The van der Waals surface area contributed by atoms with Crippen LogP contribution >= 0.6 is 0 Å². The molecule has 2 aromatic carbocycles. The number of ether oxygens (including phenoxy) is 6. The number of fused-ring (bicyclic) bond motifs is 1. The molecule has 0 unspecified atom stereocenters. The monoisotopic (exact) mass is 459 g/mol. The van der Waals surface area contributed by atoms with E-state index < -0.39 is 0 Å². The van der Waals surface area contributed by atoms with Crippen LogP contribution in [0.4, 0.5) is 0 Å². The number of nitrogens with zero attached hydrogens (tertiary/aromatic N) is 1. The summed E-state index contributed by atoms with van der Waals surface area (Å²) in [5.74, 6) is 1.26. The fourth-order valence-electron chi connectivity index (χ4n) is 2.98. The van der Waals surface area contributed by atoms with Gasteiger partial charge in [-0.1, -0.05) is 35.5 Å². The molecule has 0 aliphatic carbocycles. The molecule has 180 valence electrons. The van der Waals surface area contributed by atoms with Crippen LogP contribution in [0.3, 0.4) is 0 Å². The molecule has 1 aliphatic rings. The van der Waals surface area contributed by atoms with Crippen LogP contribution in [0.2, 0.25) is 0 Å². The second kappa shape index (κ2) is 15.2. The molecule has 0 radical (unpaired) electrons. The Morgan fingerprint density at radius 1 is 0.697 bits per heavy atom. The lowest BCUT2D eigenvalue weighted by Crippen LogP contribution is -2.16. The fourth-order valence-corrected chi connectivity index (χ4v) is 2.98. The molecule has 33 heavy (non-hydrogen) atoms. The van der Waals surface area contributed by atoms with Gasteiger partial charge in [0, 0.05) is 5.56 Å². The van der Waals surface area contributed by atoms with Crippen LogP contribution in [0, 0.1) is 0 Å². The van der Waals surface area contributed by atoms with E-state index in [1.807, 2.05) is 55.5 Å². The number of benzene rings is 2. The summed E-state index contributed by atoms with van der Waals surface area (Å²) in [6.07, 6.45) is 0. The van der Waals surface area contributed by atoms with Gasteiger partial charge in [-0.3, -0.25) is 0 Å². The van der Waals surface area contributed by atoms with Crippen LogP contribution < -0.4 is 9.47 Å². The topological polar surface area (TPSA) is 77.0 Å². The minimum atomic E-state index is 0.389. The maximum Gasteiger partial charge on any atom is 0.161 e. The standard InChI is InChI=1S/C25H33NO7/c1-21(26-33-20-22-5-3-2-4-6-22)23-7-8-24-25(19-23)32-18-16-30-14-12-28-10-9-27-11-13-29-15-17-31-24/h2-8,19H,9-18,20H2,1H3/b26-21+. The summed E-state index contributed by atoms with van der Waals surface area (Å²) in [7, 11) is 0. The maximum absolute atomic E-state index is 5.95. The zero-order chi connectivity index (χ0) is 23.0. The molecule has 8 heteroatoms. The van der Waals surface area contributed by atoms with E-state index in [4.69, 9.17) is 33.3 Å². The average molecular weight is 460 g/mol. The van der Waals surface area contributed by atoms with Gasteiger partial charge in [-0.2, -0.15) is 0 Å². The summed E-state index contributed by atoms with van der Waals surface area (Å²) in [6, 6.07) is 15.6. The molecule has 0 spiro atoms. The summed E-state index contributed by atoms with van der Waals surface area (Å²) in [6.45, 7) is 7.13. The van der Waals surface area contributed by atoms with Gasteiger partial charge in [0.05, 0.1) is 58.6 Å². The zero-order valence-corrected chi connectivity index (χ0v) is 19.2. The van der Waals surface area contributed by atoms with Crippen LogP contribution in [-0.4, -0.2) is 71.8 Å². The highest BCUT2D eigenvalue weighted by atomic mass is 16.6. The Bertz CT molecular complexity index is 829. The van der Waals surface area contributed by atoms with E-state index in [1.54, 1.807) is 0 Å². The molecular weight excluding hydrogens is 426 g/mol. The Kier molecular flexibility index (Phi) is 11.5. The normalized spacial score (nSPS) is 17.5. The Hall–Kier alpha value is -2.65. The van der Waals surface area contributed by atoms with Crippen molar-refractivity contribution in [2.24, 2.45) is 5.16 Å². The van der Waals surface area contributed by atoms with Gasteiger partial charge in [0.2, 0.25) is 0 Å². The van der Waals surface area contributed by atoms with E-state index in [2.05, 4.69) is 5.16 Å². The molecule has 3 rings (SSSR count). The van der Waals surface area contributed by atoms with E-state index in [0.717, 1.165) is 16.8 Å². The average Bonchev–Trinajstić information content (AvgIpc) is 2.84. The Labute approximate surface area is 195 Å². The van der Waals surface area contributed by atoms with Gasteiger partial charge in [-0.05, 0) is 30.7 Å². The van der Waals surface area contributed by atoms with Crippen LogP contribution in [0.5, 0.6) is 11.5 Å². The summed E-state index contributed by atoms with van der Waals surface area (Å²) in [5.41, 5.74) is 2.69. The zero-order valence-electron chi connectivity index (χ0n) is 19.2. The molecule has 0 N–H and O–H groups in total.